The number of oxazole rings is 1. The summed E-state index contributed by atoms with van der Waals surface area (Å²) in [5.41, 5.74) is 0.654. The van der Waals surface area contributed by atoms with E-state index in [4.69, 9.17) is 4.42 Å². The largest absolute Gasteiger partial charge is 0.436 e. The molecule has 0 bridgehead atoms. The van der Waals surface area contributed by atoms with Gasteiger partial charge in [0.2, 0.25) is 5.76 Å². The van der Waals surface area contributed by atoms with Crippen molar-refractivity contribution in [3.63, 3.8) is 0 Å². The van der Waals surface area contributed by atoms with Crippen LogP contribution in [-0.4, -0.2) is 34.2 Å². The quantitative estimate of drug-likeness (QED) is 0.800. The zero-order chi connectivity index (χ0) is 12.3. The van der Waals surface area contributed by atoms with E-state index in [2.05, 4.69) is 27.8 Å². The van der Waals surface area contributed by atoms with E-state index < -0.39 is 0 Å². The molecular weight excluding hydrogens is 272 g/mol. The van der Waals surface area contributed by atoms with Crippen molar-refractivity contribution in [2.45, 2.75) is 32.0 Å². The molecule has 4 nitrogen and oxygen atoms in total. The minimum Gasteiger partial charge on any atom is -0.436 e. The van der Waals surface area contributed by atoms with Crippen LogP contribution in [0.2, 0.25) is 0 Å². The molecule has 1 heterocycles. The van der Waals surface area contributed by atoms with Crippen molar-refractivity contribution in [3.8, 4) is 0 Å². The molecular formula is C11H17BrN2O2. The third kappa shape index (κ3) is 3.33. The maximum Gasteiger partial charge on any atom is 0.291 e. The van der Waals surface area contributed by atoms with E-state index in [0.29, 0.717) is 28.7 Å². The standard InChI is InChI=1S/C11H17BrN2O2/c1-7(12)5-6-14(4)11(15)10-8(2)13-9(3)16-10/h7H,5-6H2,1-4H3. The lowest BCUT2D eigenvalue weighted by molar-refractivity contribution is 0.0760. The Morgan fingerprint density at radius 2 is 2.19 bits per heavy atom. The first-order valence-corrected chi connectivity index (χ1v) is 6.17. The predicted octanol–water partition coefficient (Wildman–Crippen LogP) is 2.54. The number of hydrogen-bond acceptors (Lipinski definition) is 3. The van der Waals surface area contributed by atoms with Crippen molar-refractivity contribution in [2.24, 2.45) is 0 Å². The summed E-state index contributed by atoms with van der Waals surface area (Å²) >= 11 is 3.45. The fraction of sp³-hybridized carbons (Fsp3) is 0.636. The number of amides is 1. The lowest BCUT2D eigenvalue weighted by Crippen LogP contribution is -2.29. The number of alkyl halides is 1. The molecule has 0 spiro atoms. The molecule has 1 atom stereocenters. The summed E-state index contributed by atoms with van der Waals surface area (Å²) in [5, 5.41) is 0. The molecule has 0 radical (unpaired) electrons. The fourth-order valence-electron chi connectivity index (χ4n) is 1.38. The van der Waals surface area contributed by atoms with Gasteiger partial charge >= 0.3 is 0 Å². The number of halogens is 1. The minimum atomic E-state index is -0.105. The van der Waals surface area contributed by atoms with E-state index in [0.717, 1.165) is 6.42 Å². The van der Waals surface area contributed by atoms with Crippen molar-refractivity contribution in [3.05, 3.63) is 17.3 Å². The highest BCUT2D eigenvalue weighted by Gasteiger charge is 2.19. The smallest absolute Gasteiger partial charge is 0.291 e. The fourth-order valence-corrected chi connectivity index (χ4v) is 1.58. The van der Waals surface area contributed by atoms with Gasteiger partial charge in [0.25, 0.3) is 5.91 Å². The highest BCUT2D eigenvalue weighted by atomic mass is 79.9. The van der Waals surface area contributed by atoms with Crippen LogP contribution in [0.5, 0.6) is 0 Å². The van der Waals surface area contributed by atoms with Crippen LogP contribution >= 0.6 is 15.9 Å². The Kier molecular flexibility index (Phi) is 4.53. The van der Waals surface area contributed by atoms with Crippen molar-refractivity contribution in [1.82, 2.24) is 9.88 Å². The monoisotopic (exact) mass is 288 g/mol. The maximum atomic E-state index is 12.0. The van der Waals surface area contributed by atoms with Gasteiger partial charge < -0.3 is 9.32 Å². The average Bonchev–Trinajstić information content (AvgIpc) is 2.53. The van der Waals surface area contributed by atoms with Crippen LogP contribution in [0.4, 0.5) is 0 Å². The molecule has 1 aromatic rings. The molecule has 90 valence electrons. The first-order chi connectivity index (χ1) is 7.41. The summed E-state index contributed by atoms with van der Waals surface area (Å²) in [5.74, 6) is 0.775. The molecule has 0 saturated carbocycles. The molecule has 0 fully saturated rings. The number of aromatic nitrogens is 1. The molecule has 1 unspecified atom stereocenters. The SMILES string of the molecule is Cc1nc(C)c(C(=O)N(C)CCC(C)Br)o1. The normalized spacial score (nSPS) is 12.6. The molecule has 1 amide bonds. The Balaban J connectivity index is 2.67. The first kappa shape index (κ1) is 13.2. The van der Waals surface area contributed by atoms with Crippen LogP contribution in [-0.2, 0) is 0 Å². The molecule has 0 aromatic carbocycles. The molecule has 0 aliphatic heterocycles. The van der Waals surface area contributed by atoms with Gasteiger partial charge in [-0.1, -0.05) is 22.9 Å². The van der Waals surface area contributed by atoms with Gasteiger partial charge in [-0.15, -0.1) is 0 Å². The lowest BCUT2D eigenvalue weighted by Gasteiger charge is -2.16. The Hall–Kier alpha value is -0.840. The topological polar surface area (TPSA) is 46.3 Å². The highest BCUT2D eigenvalue weighted by molar-refractivity contribution is 9.09. The van der Waals surface area contributed by atoms with E-state index in [1.165, 1.54) is 0 Å². The van der Waals surface area contributed by atoms with Gasteiger partial charge in [0.15, 0.2) is 5.89 Å². The minimum absolute atomic E-state index is 0.105. The van der Waals surface area contributed by atoms with Crippen molar-refractivity contribution >= 4 is 21.8 Å². The predicted molar refractivity (Wildman–Crippen MR) is 65.9 cm³/mol. The van der Waals surface area contributed by atoms with Crippen molar-refractivity contribution in [1.29, 1.82) is 0 Å². The maximum absolute atomic E-state index is 12.0. The van der Waals surface area contributed by atoms with Crippen molar-refractivity contribution in [2.75, 3.05) is 13.6 Å². The van der Waals surface area contributed by atoms with E-state index in [-0.39, 0.29) is 5.91 Å². The number of rotatable bonds is 4. The molecule has 16 heavy (non-hydrogen) atoms. The van der Waals surface area contributed by atoms with Crippen LogP contribution in [0.15, 0.2) is 4.42 Å². The number of hydrogen-bond donors (Lipinski definition) is 0. The summed E-state index contributed by atoms with van der Waals surface area (Å²) in [4.78, 5) is 18.1. The summed E-state index contributed by atoms with van der Waals surface area (Å²) < 4.78 is 5.29. The molecule has 1 rings (SSSR count). The van der Waals surface area contributed by atoms with Gasteiger partial charge in [-0.2, -0.15) is 0 Å². The van der Waals surface area contributed by atoms with Crippen LogP contribution in [0.25, 0.3) is 0 Å². The lowest BCUT2D eigenvalue weighted by atomic mass is 10.3. The zero-order valence-electron chi connectivity index (χ0n) is 10.1. The Morgan fingerprint density at radius 1 is 1.56 bits per heavy atom. The second kappa shape index (κ2) is 5.48. The number of aryl methyl sites for hydroxylation is 2. The molecule has 0 aliphatic rings. The second-order valence-electron chi connectivity index (χ2n) is 3.94. The van der Waals surface area contributed by atoms with E-state index in [1.54, 1.807) is 25.8 Å². The zero-order valence-corrected chi connectivity index (χ0v) is 11.7. The summed E-state index contributed by atoms with van der Waals surface area (Å²) in [7, 11) is 1.77. The van der Waals surface area contributed by atoms with Gasteiger partial charge in [0.1, 0.15) is 0 Å². The summed E-state index contributed by atoms with van der Waals surface area (Å²) in [6, 6.07) is 0. The Labute approximate surface area is 104 Å². The molecule has 0 saturated heterocycles. The van der Waals surface area contributed by atoms with Gasteiger partial charge in [-0.05, 0) is 13.3 Å². The summed E-state index contributed by atoms with van der Waals surface area (Å²) in [6.45, 7) is 6.28. The van der Waals surface area contributed by atoms with Gasteiger partial charge in [-0.3, -0.25) is 4.79 Å². The Bertz CT molecular complexity index is 374. The van der Waals surface area contributed by atoms with Gasteiger partial charge in [0, 0.05) is 25.3 Å². The van der Waals surface area contributed by atoms with E-state index >= 15 is 0 Å². The van der Waals surface area contributed by atoms with Gasteiger partial charge in [-0.25, -0.2) is 4.98 Å². The average molecular weight is 289 g/mol. The molecule has 0 N–H and O–H groups in total. The summed E-state index contributed by atoms with van der Waals surface area (Å²) in [6.07, 6.45) is 0.911. The molecule has 5 heteroatoms. The van der Waals surface area contributed by atoms with Gasteiger partial charge in [0.05, 0.1) is 5.69 Å². The first-order valence-electron chi connectivity index (χ1n) is 5.25. The Morgan fingerprint density at radius 3 is 2.62 bits per heavy atom. The number of nitrogens with zero attached hydrogens (tertiary/aromatic N) is 2. The van der Waals surface area contributed by atoms with Crippen LogP contribution < -0.4 is 0 Å². The van der Waals surface area contributed by atoms with Crippen LogP contribution in [0.1, 0.15) is 35.5 Å². The van der Waals surface area contributed by atoms with Crippen molar-refractivity contribution < 1.29 is 9.21 Å². The number of carbonyl (C=O) groups is 1. The van der Waals surface area contributed by atoms with Crippen LogP contribution in [0, 0.1) is 13.8 Å². The molecule has 0 aliphatic carbocycles. The van der Waals surface area contributed by atoms with E-state index in [1.807, 2.05) is 0 Å². The number of carbonyl (C=O) groups excluding carboxylic acids is 1. The highest BCUT2D eigenvalue weighted by Crippen LogP contribution is 2.12. The van der Waals surface area contributed by atoms with E-state index in [9.17, 15) is 4.79 Å². The van der Waals surface area contributed by atoms with Crippen LogP contribution in [0.3, 0.4) is 0 Å². The third-order valence-electron chi connectivity index (χ3n) is 2.31. The third-order valence-corrected chi connectivity index (χ3v) is 2.76. The molecule has 1 aromatic heterocycles. The second-order valence-corrected chi connectivity index (χ2v) is 5.51.